The molecule has 0 amide bonds. The molecule has 1 unspecified atom stereocenters. The van der Waals surface area contributed by atoms with Crippen LogP contribution >= 0.6 is 0 Å². The van der Waals surface area contributed by atoms with Gasteiger partial charge in [-0.25, -0.2) is 13.1 Å². The molecule has 94 valence electrons. The zero-order valence-corrected chi connectivity index (χ0v) is 10.3. The van der Waals surface area contributed by atoms with E-state index in [-0.39, 0.29) is 11.8 Å². The van der Waals surface area contributed by atoms with Crippen LogP contribution in [0, 0.1) is 5.92 Å². The highest BCUT2D eigenvalue weighted by molar-refractivity contribution is 7.90. The van der Waals surface area contributed by atoms with Gasteiger partial charge in [-0.05, 0) is 19.3 Å². The smallest absolute Gasteiger partial charge is 0.307 e. The van der Waals surface area contributed by atoms with Crippen LogP contribution in [-0.2, 0) is 14.8 Å². The molecule has 1 saturated carbocycles. The van der Waals surface area contributed by atoms with Crippen molar-refractivity contribution in [1.29, 1.82) is 0 Å². The first-order chi connectivity index (χ1) is 7.47. The third-order valence-corrected chi connectivity index (χ3v) is 5.03. The second-order valence-electron chi connectivity index (χ2n) is 4.24. The molecule has 0 aromatic rings. The number of carbonyl (C=O) groups is 1. The lowest BCUT2D eigenvalue weighted by molar-refractivity contribution is -0.141. The van der Waals surface area contributed by atoms with Crippen LogP contribution in [0.3, 0.4) is 0 Å². The predicted octanol–water partition coefficient (Wildman–Crippen LogP) is 0.959. The summed E-state index contributed by atoms with van der Waals surface area (Å²) in [6.45, 7) is 1.74. The molecule has 6 heteroatoms. The summed E-state index contributed by atoms with van der Waals surface area (Å²) in [5, 5.41) is 8.48. The Morgan fingerprint density at radius 1 is 1.44 bits per heavy atom. The highest BCUT2D eigenvalue weighted by atomic mass is 32.2. The van der Waals surface area contributed by atoms with Crippen LogP contribution in [0.5, 0.6) is 0 Å². The first-order valence-electron chi connectivity index (χ1n) is 5.68. The molecule has 0 radical (unpaired) electrons. The summed E-state index contributed by atoms with van der Waals surface area (Å²) < 4.78 is 26.0. The number of rotatable bonds is 6. The average molecular weight is 249 g/mol. The topological polar surface area (TPSA) is 83.5 Å². The summed E-state index contributed by atoms with van der Waals surface area (Å²) in [4.78, 5) is 10.7. The van der Waals surface area contributed by atoms with E-state index in [2.05, 4.69) is 4.72 Å². The largest absolute Gasteiger partial charge is 0.481 e. The molecule has 1 aliphatic carbocycles. The molecule has 2 N–H and O–H groups in total. The van der Waals surface area contributed by atoms with E-state index in [1.165, 1.54) is 0 Å². The maximum absolute atomic E-state index is 11.8. The molecule has 5 nitrogen and oxygen atoms in total. The molecule has 0 aromatic carbocycles. The monoisotopic (exact) mass is 249 g/mol. The lowest BCUT2D eigenvalue weighted by Crippen LogP contribution is -2.37. The van der Waals surface area contributed by atoms with E-state index in [4.69, 9.17) is 5.11 Å². The Labute approximate surface area is 96.3 Å². The van der Waals surface area contributed by atoms with Crippen LogP contribution in [0.4, 0.5) is 0 Å². The van der Waals surface area contributed by atoms with Crippen molar-refractivity contribution in [2.45, 2.75) is 44.3 Å². The van der Waals surface area contributed by atoms with Crippen molar-refractivity contribution in [1.82, 2.24) is 4.72 Å². The minimum absolute atomic E-state index is 0.00463. The molecular weight excluding hydrogens is 230 g/mol. The van der Waals surface area contributed by atoms with Gasteiger partial charge in [-0.3, -0.25) is 4.79 Å². The van der Waals surface area contributed by atoms with Crippen molar-refractivity contribution in [2.24, 2.45) is 5.92 Å². The van der Waals surface area contributed by atoms with Crippen LogP contribution in [0.2, 0.25) is 0 Å². The SMILES string of the molecule is CCC(CNS(=O)(=O)C1CCCC1)C(=O)O. The van der Waals surface area contributed by atoms with E-state index in [9.17, 15) is 13.2 Å². The van der Waals surface area contributed by atoms with Crippen LogP contribution in [0.1, 0.15) is 39.0 Å². The van der Waals surface area contributed by atoms with Gasteiger partial charge in [-0.2, -0.15) is 0 Å². The van der Waals surface area contributed by atoms with E-state index in [1.54, 1.807) is 6.92 Å². The van der Waals surface area contributed by atoms with E-state index < -0.39 is 21.9 Å². The summed E-state index contributed by atoms with van der Waals surface area (Å²) >= 11 is 0. The van der Waals surface area contributed by atoms with Gasteiger partial charge < -0.3 is 5.11 Å². The number of hydrogen-bond donors (Lipinski definition) is 2. The summed E-state index contributed by atoms with van der Waals surface area (Å²) in [5.74, 6) is -1.58. The second-order valence-corrected chi connectivity index (χ2v) is 6.29. The van der Waals surface area contributed by atoms with E-state index >= 15 is 0 Å². The van der Waals surface area contributed by atoms with Gasteiger partial charge >= 0.3 is 5.97 Å². The summed E-state index contributed by atoms with van der Waals surface area (Å²) in [5.41, 5.74) is 0. The first kappa shape index (κ1) is 13.4. The summed E-state index contributed by atoms with van der Waals surface area (Å²) in [7, 11) is -3.31. The molecule has 1 atom stereocenters. The van der Waals surface area contributed by atoms with Crippen LogP contribution < -0.4 is 4.72 Å². The van der Waals surface area contributed by atoms with Crippen LogP contribution in [0.25, 0.3) is 0 Å². The number of carboxylic acids is 1. The molecule has 1 aliphatic rings. The summed E-state index contributed by atoms with van der Waals surface area (Å²) in [6.07, 6.45) is 3.71. The number of aliphatic carboxylic acids is 1. The van der Waals surface area contributed by atoms with E-state index in [0.717, 1.165) is 12.8 Å². The molecule has 0 bridgehead atoms. The number of nitrogens with one attached hydrogen (secondary N) is 1. The maximum Gasteiger partial charge on any atom is 0.307 e. The Kier molecular flexibility index (Phi) is 4.73. The Bertz CT molecular complexity index is 333. The van der Waals surface area contributed by atoms with Crippen LogP contribution in [0.15, 0.2) is 0 Å². The second kappa shape index (κ2) is 5.63. The first-order valence-corrected chi connectivity index (χ1v) is 7.23. The van der Waals surface area contributed by atoms with Crippen molar-refractivity contribution in [3.8, 4) is 0 Å². The van der Waals surface area contributed by atoms with E-state index in [1.807, 2.05) is 0 Å². The van der Waals surface area contributed by atoms with Gasteiger partial charge in [0.15, 0.2) is 0 Å². The molecular formula is C10H19NO4S. The molecule has 0 aromatic heterocycles. The third kappa shape index (κ3) is 3.45. The molecule has 16 heavy (non-hydrogen) atoms. The van der Waals surface area contributed by atoms with Crippen molar-refractivity contribution >= 4 is 16.0 Å². The van der Waals surface area contributed by atoms with Crippen molar-refractivity contribution < 1.29 is 18.3 Å². The number of hydrogen-bond acceptors (Lipinski definition) is 3. The highest BCUT2D eigenvalue weighted by Gasteiger charge is 2.29. The Morgan fingerprint density at radius 3 is 2.44 bits per heavy atom. The van der Waals surface area contributed by atoms with Crippen molar-refractivity contribution in [3.63, 3.8) is 0 Å². The fraction of sp³-hybridized carbons (Fsp3) is 0.900. The zero-order chi connectivity index (χ0) is 12.2. The predicted molar refractivity (Wildman–Crippen MR) is 60.6 cm³/mol. The van der Waals surface area contributed by atoms with Gasteiger partial charge in [-0.15, -0.1) is 0 Å². The minimum atomic E-state index is -3.31. The Hall–Kier alpha value is -0.620. The molecule has 0 spiro atoms. The molecule has 1 rings (SSSR count). The maximum atomic E-state index is 11.8. The number of sulfonamides is 1. The standard InChI is InChI=1S/C10H19NO4S/c1-2-8(10(12)13)7-11-16(14,15)9-5-3-4-6-9/h8-9,11H,2-7H2,1H3,(H,12,13). The highest BCUT2D eigenvalue weighted by Crippen LogP contribution is 2.23. The van der Waals surface area contributed by atoms with Gasteiger partial charge in [0.25, 0.3) is 0 Å². The van der Waals surface area contributed by atoms with Gasteiger partial charge in [0.05, 0.1) is 11.2 Å². The zero-order valence-electron chi connectivity index (χ0n) is 9.48. The lowest BCUT2D eigenvalue weighted by Gasteiger charge is -2.15. The molecule has 0 saturated heterocycles. The normalized spacial score (nSPS) is 19.8. The van der Waals surface area contributed by atoms with Crippen molar-refractivity contribution in [3.05, 3.63) is 0 Å². The third-order valence-electron chi connectivity index (χ3n) is 3.11. The Morgan fingerprint density at radius 2 is 2.00 bits per heavy atom. The van der Waals surface area contributed by atoms with Gasteiger partial charge in [-0.1, -0.05) is 19.8 Å². The molecule has 0 aliphatic heterocycles. The lowest BCUT2D eigenvalue weighted by atomic mass is 10.1. The Balaban J connectivity index is 2.49. The average Bonchev–Trinajstić information content (AvgIpc) is 2.71. The van der Waals surface area contributed by atoms with Gasteiger partial charge in [0.2, 0.25) is 10.0 Å². The minimum Gasteiger partial charge on any atom is -0.481 e. The van der Waals surface area contributed by atoms with Crippen LogP contribution in [-0.4, -0.2) is 31.3 Å². The molecule has 0 heterocycles. The number of carboxylic acid groups (broad SMARTS) is 1. The fourth-order valence-corrected chi connectivity index (χ4v) is 3.56. The quantitative estimate of drug-likeness (QED) is 0.734. The van der Waals surface area contributed by atoms with E-state index in [0.29, 0.717) is 19.3 Å². The molecule has 1 fully saturated rings. The van der Waals surface area contributed by atoms with Crippen molar-refractivity contribution in [2.75, 3.05) is 6.54 Å². The van der Waals surface area contributed by atoms with Gasteiger partial charge in [0.1, 0.15) is 0 Å². The summed E-state index contributed by atoms with van der Waals surface area (Å²) in [6, 6.07) is 0. The van der Waals surface area contributed by atoms with Gasteiger partial charge in [0, 0.05) is 6.54 Å². The fourth-order valence-electron chi connectivity index (χ4n) is 1.94.